The quantitative estimate of drug-likeness (QED) is 0.764. The van der Waals surface area contributed by atoms with Crippen LogP contribution in [0.1, 0.15) is 54.4 Å². The fraction of sp³-hybridized carbons (Fsp3) is 0.923. The van der Waals surface area contributed by atoms with Crippen molar-refractivity contribution in [2.75, 3.05) is 5.88 Å². The van der Waals surface area contributed by atoms with Gasteiger partial charge in [-0.1, -0.05) is 13.8 Å². The molecule has 2 N–H and O–H groups in total. The van der Waals surface area contributed by atoms with E-state index in [1.54, 1.807) is 0 Å². The molecule has 0 saturated carbocycles. The summed E-state index contributed by atoms with van der Waals surface area (Å²) in [6, 6.07) is 0.0691. The maximum Gasteiger partial charge on any atom is 0.235 e. The summed E-state index contributed by atoms with van der Waals surface area (Å²) in [6.07, 6.45) is 1.44. The average Bonchev–Trinajstić information content (AvgIpc) is 2.27. The molecule has 1 rings (SSSR count). The zero-order chi connectivity index (χ0) is 14.6. The van der Waals surface area contributed by atoms with Crippen LogP contribution < -0.4 is 5.32 Å². The second-order valence-corrected chi connectivity index (χ2v) is 6.01. The molecule has 0 aromatic heterocycles. The van der Waals surface area contributed by atoms with Gasteiger partial charge in [-0.25, -0.2) is 0 Å². The molecule has 0 aromatic rings. The van der Waals surface area contributed by atoms with E-state index in [9.17, 15) is 10.0 Å². The molecule has 1 aliphatic rings. The molecular formula is C13H27ClN2O2. The third-order valence-electron chi connectivity index (χ3n) is 3.13. The lowest BCUT2D eigenvalue weighted by Crippen LogP contribution is -2.63. The van der Waals surface area contributed by atoms with Crippen molar-refractivity contribution in [3.8, 4) is 0 Å². The van der Waals surface area contributed by atoms with E-state index >= 15 is 0 Å². The Balaban J connectivity index is 0.00000137. The van der Waals surface area contributed by atoms with Crippen molar-refractivity contribution in [3.63, 3.8) is 0 Å². The second-order valence-electron chi connectivity index (χ2n) is 5.74. The summed E-state index contributed by atoms with van der Waals surface area (Å²) in [6.45, 7) is 11.9. The topological polar surface area (TPSA) is 52.6 Å². The molecule has 0 aliphatic carbocycles. The van der Waals surface area contributed by atoms with Gasteiger partial charge in [-0.15, -0.1) is 11.6 Å². The summed E-state index contributed by atoms with van der Waals surface area (Å²) in [5, 5.41) is 14.4. The number of hydroxylamine groups is 2. The van der Waals surface area contributed by atoms with Crippen LogP contribution in [-0.2, 0) is 4.79 Å². The number of carbonyl (C=O) groups excluding carboxylic acids is 1. The van der Waals surface area contributed by atoms with Gasteiger partial charge in [-0.2, -0.15) is 5.06 Å². The van der Waals surface area contributed by atoms with E-state index in [0.717, 1.165) is 12.8 Å². The third-order valence-corrected chi connectivity index (χ3v) is 3.37. The van der Waals surface area contributed by atoms with E-state index in [1.165, 1.54) is 5.06 Å². The van der Waals surface area contributed by atoms with Gasteiger partial charge in [0, 0.05) is 17.1 Å². The van der Waals surface area contributed by atoms with Crippen LogP contribution in [0.3, 0.4) is 0 Å². The van der Waals surface area contributed by atoms with Gasteiger partial charge in [0.2, 0.25) is 5.91 Å². The number of alkyl halides is 1. The molecule has 1 aliphatic heterocycles. The Morgan fingerprint density at radius 1 is 1.28 bits per heavy atom. The van der Waals surface area contributed by atoms with Crippen LogP contribution in [0.25, 0.3) is 0 Å². The maximum atomic E-state index is 11.3. The highest BCUT2D eigenvalue weighted by Crippen LogP contribution is 2.36. The van der Waals surface area contributed by atoms with Gasteiger partial charge in [-0.3, -0.25) is 4.79 Å². The Morgan fingerprint density at radius 2 is 1.67 bits per heavy atom. The highest BCUT2D eigenvalue weighted by molar-refractivity contribution is 6.27. The predicted octanol–water partition coefficient (Wildman–Crippen LogP) is 2.78. The first kappa shape index (κ1) is 17.7. The van der Waals surface area contributed by atoms with Gasteiger partial charge in [0.15, 0.2) is 0 Å². The summed E-state index contributed by atoms with van der Waals surface area (Å²) in [7, 11) is 0. The first-order valence-corrected chi connectivity index (χ1v) is 7.07. The molecular weight excluding hydrogens is 252 g/mol. The highest BCUT2D eigenvalue weighted by Gasteiger charge is 2.45. The minimum absolute atomic E-state index is 0.0137. The van der Waals surface area contributed by atoms with Crippen molar-refractivity contribution in [1.82, 2.24) is 10.4 Å². The predicted molar refractivity (Wildman–Crippen MR) is 75.0 cm³/mol. The minimum Gasteiger partial charge on any atom is -0.352 e. The fourth-order valence-electron chi connectivity index (χ4n) is 2.64. The molecule has 18 heavy (non-hydrogen) atoms. The van der Waals surface area contributed by atoms with Crippen molar-refractivity contribution in [1.29, 1.82) is 0 Å². The SMILES string of the molecule is CC.CC1(C)CC(NC(=O)CCl)CC(C)(C)N1O. The molecule has 1 fully saturated rings. The molecule has 0 atom stereocenters. The Labute approximate surface area is 116 Å². The molecule has 4 nitrogen and oxygen atoms in total. The number of piperidine rings is 1. The van der Waals surface area contributed by atoms with E-state index in [-0.39, 0.29) is 28.9 Å². The van der Waals surface area contributed by atoms with E-state index in [0.29, 0.717) is 0 Å². The fourth-order valence-corrected chi connectivity index (χ4v) is 2.72. The molecule has 5 heteroatoms. The van der Waals surface area contributed by atoms with Crippen LogP contribution in [-0.4, -0.2) is 39.2 Å². The van der Waals surface area contributed by atoms with Crippen LogP contribution in [0.4, 0.5) is 0 Å². The number of hydrogen-bond acceptors (Lipinski definition) is 3. The van der Waals surface area contributed by atoms with E-state index in [2.05, 4.69) is 5.32 Å². The van der Waals surface area contributed by atoms with Gasteiger partial charge in [0.25, 0.3) is 0 Å². The van der Waals surface area contributed by atoms with Crippen LogP contribution in [0, 0.1) is 0 Å². The van der Waals surface area contributed by atoms with Crippen LogP contribution in [0.15, 0.2) is 0 Å². The Kier molecular flexibility index (Phi) is 6.61. The molecule has 1 amide bonds. The number of rotatable bonds is 2. The van der Waals surface area contributed by atoms with Gasteiger partial charge in [0.1, 0.15) is 5.88 Å². The van der Waals surface area contributed by atoms with E-state index < -0.39 is 0 Å². The number of amides is 1. The maximum absolute atomic E-state index is 11.3. The average molecular weight is 279 g/mol. The summed E-state index contributed by atoms with van der Waals surface area (Å²) in [5.74, 6) is -0.162. The van der Waals surface area contributed by atoms with Crippen LogP contribution >= 0.6 is 11.6 Å². The Hall–Kier alpha value is -0.320. The Bertz CT molecular complexity index is 262. The lowest BCUT2D eigenvalue weighted by molar-refractivity contribution is -0.246. The smallest absolute Gasteiger partial charge is 0.235 e. The normalized spacial score (nSPS) is 22.9. The van der Waals surface area contributed by atoms with Gasteiger partial charge < -0.3 is 10.5 Å². The van der Waals surface area contributed by atoms with Crippen molar-refractivity contribution in [2.45, 2.75) is 71.5 Å². The molecule has 1 heterocycles. The largest absolute Gasteiger partial charge is 0.352 e. The first-order chi connectivity index (χ1) is 8.19. The lowest BCUT2D eigenvalue weighted by Gasteiger charge is -2.51. The molecule has 0 aromatic carbocycles. The lowest BCUT2D eigenvalue weighted by atomic mass is 9.79. The summed E-state index contributed by atoms with van der Waals surface area (Å²) < 4.78 is 0. The molecule has 0 spiro atoms. The standard InChI is InChI=1S/C11H21ClN2O2.C2H6/c1-10(2)5-8(13-9(15)7-12)6-11(3,4)14(10)16;1-2/h8,16H,5-7H2,1-4H3,(H,13,15);1-2H3. The van der Waals surface area contributed by atoms with Crippen LogP contribution in [0.5, 0.6) is 0 Å². The molecule has 0 bridgehead atoms. The van der Waals surface area contributed by atoms with Gasteiger partial charge in [0.05, 0.1) is 0 Å². The number of hydrogen-bond donors (Lipinski definition) is 2. The highest BCUT2D eigenvalue weighted by atomic mass is 35.5. The third kappa shape index (κ3) is 4.41. The summed E-state index contributed by atoms with van der Waals surface area (Å²) >= 11 is 5.47. The zero-order valence-electron chi connectivity index (χ0n) is 12.4. The van der Waals surface area contributed by atoms with Crippen molar-refractivity contribution in [2.24, 2.45) is 0 Å². The molecule has 1 saturated heterocycles. The van der Waals surface area contributed by atoms with Crippen molar-refractivity contribution < 1.29 is 10.0 Å². The molecule has 0 unspecified atom stereocenters. The minimum atomic E-state index is -0.341. The number of nitrogens with one attached hydrogen (secondary N) is 1. The van der Waals surface area contributed by atoms with E-state index in [1.807, 2.05) is 41.5 Å². The molecule has 108 valence electrons. The zero-order valence-corrected chi connectivity index (χ0v) is 13.1. The number of carbonyl (C=O) groups is 1. The van der Waals surface area contributed by atoms with Crippen molar-refractivity contribution in [3.05, 3.63) is 0 Å². The molecule has 0 radical (unpaired) electrons. The Morgan fingerprint density at radius 3 is 2.00 bits per heavy atom. The van der Waals surface area contributed by atoms with E-state index in [4.69, 9.17) is 11.6 Å². The second kappa shape index (κ2) is 6.73. The summed E-state index contributed by atoms with van der Waals surface area (Å²) in [5.41, 5.74) is -0.683. The first-order valence-electron chi connectivity index (χ1n) is 6.53. The van der Waals surface area contributed by atoms with Crippen LogP contribution in [0.2, 0.25) is 0 Å². The van der Waals surface area contributed by atoms with Gasteiger partial charge in [-0.05, 0) is 40.5 Å². The van der Waals surface area contributed by atoms with Gasteiger partial charge >= 0.3 is 0 Å². The van der Waals surface area contributed by atoms with Crippen molar-refractivity contribution >= 4 is 17.5 Å². The number of nitrogens with zero attached hydrogens (tertiary/aromatic N) is 1. The monoisotopic (exact) mass is 278 g/mol. The summed E-state index contributed by atoms with van der Waals surface area (Å²) in [4.78, 5) is 11.3. The number of halogens is 1.